The molecule has 4 N–H and O–H groups in total. The molecule has 0 saturated carbocycles. The second-order valence-corrected chi connectivity index (χ2v) is 8.27. The van der Waals surface area contributed by atoms with Crippen molar-refractivity contribution in [2.24, 2.45) is 0 Å². The van der Waals surface area contributed by atoms with Crippen LogP contribution in [0.4, 0.5) is 11.4 Å². The van der Waals surface area contributed by atoms with E-state index in [9.17, 15) is 14.4 Å². The third kappa shape index (κ3) is 8.25. The van der Waals surface area contributed by atoms with Crippen LogP contribution < -0.4 is 21.3 Å². The van der Waals surface area contributed by atoms with Crippen LogP contribution in [-0.4, -0.2) is 44.5 Å². The highest BCUT2D eigenvalue weighted by atomic mass is 16.5. The van der Waals surface area contributed by atoms with Gasteiger partial charge in [-0.1, -0.05) is 36.4 Å². The number of hydrogen-bond acceptors (Lipinski definition) is 5. The van der Waals surface area contributed by atoms with Crippen LogP contribution in [0.25, 0.3) is 0 Å². The van der Waals surface area contributed by atoms with Crippen molar-refractivity contribution in [3.63, 3.8) is 0 Å². The van der Waals surface area contributed by atoms with E-state index in [0.717, 1.165) is 12.0 Å². The molecule has 3 aromatic carbocycles. The fourth-order valence-corrected chi connectivity index (χ4v) is 3.49. The number of hydrogen-bond donors (Lipinski definition) is 4. The largest absolute Gasteiger partial charge is 0.385 e. The van der Waals surface area contributed by atoms with Crippen molar-refractivity contribution in [3.8, 4) is 0 Å². The molecule has 8 heteroatoms. The van der Waals surface area contributed by atoms with E-state index in [2.05, 4.69) is 21.3 Å². The molecule has 0 spiro atoms. The molecule has 3 aromatic rings. The Hall–Kier alpha value is -4.17. The van der Waals surface area contributed by atoms with Gasteiger partial charge in [0.15, 0.2) is 0 Å². The fourth-order valence-electron chi connectivity index (χ4n) is 3.49. The second kappa shape index (κ2) is 13.7. The molecule has 0 saturated heterocycles. The summed E-state index contributed by atoms with van der Waals surface area (Å²) < 4.78 is 4.96. The number of nitrogens with one attached hydrogen (secondary N) is 4. The Morgan fingerprint density at radius 3 is 2.31 bits per heavy atom. The van der Waals surface area contributed by atoms with Crippen molar-refractivity contribution in [2.45, 2.75) is 19.4 Å². The summed E-state index contributed by atoms with van der Waals surface area (Å²) >= 11 is 0. The summed E-state index contributed by atoms with van der Waals surface area (Å²) in [5.74, 6) is -0.616. The number of carbonyl (C=O) groups is 3. The van der Waals surface area contributed by atoms with Crippen molar-refractivity contribution in [1.82, 2.24) is 10.6 Å². The molecule has 1 unspecified atom stereocenters. The number of ether oxygens (including phenoxy) is 1. The Kier molecular flexibility index (Phi) is 10.0. The average molecular weight is 489 g/mol. The van der Waals surface area contributed by atoms with E-state index in [1.165, 1.54) is 0 Å². The van der Waals surface area contributed by atoms with Crippen LogP contribution in [-0.2, 0) is 9.53 Å². The summed E-state index contributed by atoms with van der Waals surface area (Å²) in [5.41, 5.74) is 3.28. The highest BCUT2D eigenvalue weighted by molar-refractivity contribution is 5.97. The summed E-state index contributed by atoms with van der Waals surface area (Å²) in [7, 11) is 1.62. The predicted molar refractivity (Wildman–Crippen MR) is 141 cm³/mol. The molecule has 0 heterocycles. The highest BCUT2D eigenvalue weighted by Gasteiger charge is 2.12. The van der Waals surface area contributed by atoms with Crippen LogP contribution in [0.3, 0.4) is 0 Å². The summed E-state index contributed by atoms with van der Waals surface area (Å²) in [6.07, 6.45) is 0.740. The minimum Gasteiger partial charge on any atom is -0.385 e. The molecule has 0 radical (unpaired) electrons. The van der Waals surface area contributed by atoms with Gasteiger partial charge >= 0.3 is 0 Å². The number of benzene rings is 3. The van der Waals surface area contributed by atoms with Gasteiger partial charge in [0.05, 0.1) is 12.6 Å². The van der Waals surface area contributed by atoms with Crippen molar-refractivity contribution < 1.29 is 19.1 Å². The standard InChI is InChI=1S/C28H32N4O4/c1-20(21-8-4-3-5-9-21)31-28(35)23-10-6-11-25(18-23)30-19-26(33)32-24-14-12-22(13-15-24)27(34)29-16-7-17-36-2/h3-6,8-15,18,20,30H,7,16-17,19H2,1-2H3,(H,29,34)(H,31,35)(H,32,33). The Morgan fingerprint density at radius 2 is 1.58 bits per heavy atom. The van der Waals surface area contributed by atoms with E-state index in [1.807, 2.05) is 37.3 Å². The van der Waals surface area contributed by atoms with Crippen molar-refractivity contribution in [1.29, 1.82) is 0 Å². The first-order valence-corrected chi connectivity index (χ1v) is 11.8. The molecule has 0 aliphatic carbocycles. The van der Waals surface area contributed by atoms with E-state index < -0.39 is 0 Å². The van der Waals surface area contributed by atoms with Gasteiger partial charge in [-0.25, -0.2) is 0 Å². The van der Waals surface area contributed by atoms with Gasteiger partial charge in [0, 0.05) is 42.8 Å². The van der Waals surface area contributed by atoms with Gasteiger partial charge in [-0.3, -0.25) is 14.4 Å². The molecule has 1 atom stereocenters. The van der Waals surface area contributed by atoms with E-state index in [4.69, 9.17) is 4.74 Å². The number of carbonyl (C=O) groups excluding carboxylic acids is 3. The Morgan fingerprint density at radius 1 is 0.833 bits per heavy atom. The van der Waals surface area contributed by atoms with E-state index in [-0.39, 0.29) is 30.3 Å². The molecule has 0 fully saturated rings. The first-order chi connectivity index (χ1) is 17.5. The highest BCUT2D eigenvalue weighted by Crippen LogP contribution is 2.15. The Labute approximate surface area is 211 Å². The van der Waals surface area contributed by atoms with Gasteiger partial charge in [-0.2, -0.15) is 0 Å². The Balaban J connectivity index is 1.47. The molecular weight excluding hydrogens is 456 g/mol. The maximum Gasteiger partial charge on any atom is 0.251 e. The lowest BCUT2D eigenvalue weighted by atomic mass is 10.1. The number of anilines is 2. The summed E-state index contributed by atoms with van der Waals surface area (Å²) in [4.78, 5) is 37.2. The SMILES string of the molecule is COCCCNC(=O)c1ccc(NC(=O)CNc2cccc(C(=O)NC(C)c3ccccc3)c2)cc1. The third-order valence-corrected chi connectivity index (χ3v) is 5.47. The summed E-state index contributed by atoms with van der Waals surface area (Å²) in [5, 5.41) is 11.6. The predicted octanol–water partition coefficient (Wildman–Crippen LogP) is 3.99. The minimum absolute atomic E-state index is 0.0211. The molecule has 8 nitrogen and oxygen atoms in total. The zero-order valence-electron chi connectivity index (χ0n) is 20.5. The van der Waals surface area contributed by atoms with Crippen LogP contribution in [0.5, 0.6) is 0 Å². The van der Waals surface area contributed by atoms with Crippen LogP contribution >= 0.6 is 0 Å². The molecule has 3 amide bonds. The van der Waals surface area contributed by atoms with Gasteiger partial charge in [-0.05, 0) is 61.4 Å². The normalized spacial score (nSPS) is 11.3. The van der Waals surface area contributed by atoms with Gasteiger partial charge in [0.25, 0.3) is 11.8 Å². The zero-order chi connectivity index (χ0) is 25.8. The smallest absolute Gasteiger partial charge is 0.251 e. The molecule has 3 rings (SSSR count). The third-order valence-electron chi connectivity index (χ3n) is 5.47. The molecule has 0 aromatic heterocycles. The monoisotopic (exact) mass is 488 g/mol. The average Bonchev–Trinajstić information content (AvgIpc) is 2.91. The molecule has 0 bridgehead atoms. The Bertz CT molecular complexity index is 1150. The lowest BCUT2D eigenvalue weighted by molar-refractivity contribution is -0.114. The lowest BCUT2D eigenvalue weighted by Crippen LogP contribution is -2.27. The lowest BCUT2D eigenvalue weighted by Gasteiger charge is -2.15. The second-order valence-electron chi connectivity index (χ2n) is 8.27. The van der Waals surface area contributed by atoms with Gasteiger partial charge in [-0.15, -0.1) is 0 Å². The molecular formula is C28H32N4O4. The van der Waals surface area contributed by atoms with Crippen molar-refractivity contribution in [3.05, 3.63) is 95.6 Å². The summed E-state index contributed by atoms with van der Waals surface area (Å²) in [6, 6.07) is 23.3. The molecule has 0 aliphatic heterocycles. The van der Waals surface area contributed by atoms with Crippen LogP contribution in [0.2, 0.25) is 0 Å². The number of rotatable bonds is 12. The van der Waals surface area contributed by atoms with Crippen LogP contribution in [0, 0.1) is 0 Å². The van der Waals surface area contributed by atoms with Gasteiger partial charge in [0.1, 0.15) is 0 Å². The van der Waals surface area contributed by atoms with Gasteiger partial charge in [0.2, 0.25) is 5.91 Å². The quantitative estimate of drug-likeness (QED) is 0.288. The maximum atomic E-state index is 12.7. The topological polar surface area (TPSA) is 109 Å². The number of methoxy groups -OCH3 is 1. The van der Waals surface area contributed by atoms with E-state index in [1.54, 1.807) is 55.6 Å². The first-order valence-electron chi connectivity index (χ1n) is 11.8. The van der Waals surface area contributed by atoms with E-state index in [0.29, 0.717) is 35.7 Å². The number of amides is 3. The minimum atomic E-state index is -0.251. The molecule has 0 aliphatic rings. The van der Waals surface area contributed by atoms with Crippen LogP contribution in [0.15, 0.2) is 78.9 Å². The molecule has 188 valence electrons. The van der Waals surface area contributed by atoms with E-state index >= 15 is 0 Å². The van der Waals surface area contributed by atoms with Gasteiger partial charge < -0.3 is 26.0 Å². The molecule has 36 heavy (non-hydrogen) atoms. The summed E-state index contributed by atoms with van der Waals surface area (Å²) in [6.45, 7) is 3.07. The van der Waals surface area contributed by atoms with Crippen LogP contribution in [0.1, 0.15) is 45.7 Å². The zero-order valence-corrected chi connectivity index (χ0v) is 20.5. The van der Waals surface area contributed by atoms with Crippen molar-refractivity contribution in [2.75, 3.05) is 37.4 Å². The maximum absolute atomic E-state index is 12.7. The van der Waals surface area contributed by atoms with Crippen molar-refractivity contribution >= 4 is 29.1 Å². The fraction of sp³-hybridized carbons (Fsp3) is 0.250. The first kappa shape index (κ1) is 26.4.